The van der Waals surface area contributed by atoms with E-state index in [9.17, 15) is 19.7 Å². The first kappa shape index (κ1) is 28.6. The Kier molecular flexibility index (Phi) is 8.48. The van der Waals surface area contributed by atoms with Crippen molar-refractivity contribution in [2.45, 2.75) is 13.8 Å². The second kappa shape index (κ2) is 12.7. The summed E-state index contributed by atoms with van der Waals surface area (Å²) in [6.07, 6.45) is 4.23. The molecular weight excluding hydrogens is 548 g/mol. The van der Waals surface area contributed by atoms with Gasteiger partial charge < -0.3 is 9.47 Å². The number of ether oxygens (including phenoxy) is 2. The number of non-ortho nitro benzene ring substituents is 1. The number of hydrogen-bond donors (Lipinski definition) is 0. The molecule has 5 aromatic rings. The maximum Gasteiger partial charge on any atom is 0.336 e. The highest BCUT2D eigenvalue weighted by molar-refractivity contribution is 5.89. The van der Waals surface area contributed by atoms with E-state index in [1.54, 1.807) is 43.3 Å². The molecule has 0 aliphatic heterocycles. The quantitative estimate of drug-likeness (QED) is 0.0514. The van der Waals surface area contributed by atoms with Gasteiger partial charge in [-0.3, -0.25) is 14.9 Å². The summed E-state index contributed by atoms with van der Waals surface area (Å²) in [4.78, 5) is 41.1. The maximum atomic E-state index is 13.5. The van der Waals surface area contributed by atoms with Crippen LogP contribution in [0.4, 0.5) is 5.69 Å². The second-order valence-corrected chi connectivity index (χ2v) is 9.43. The Bertz CT molecular complexity index is 1940. The van der Waals surface area contributed by atoms with Crippen molar-refractivity contribution in [1.29, 1.82) is 0 Å². The van der Waals surface area contributed by atoms with Crippen molar-refractivity contribution < 1.29 is 19.2 Å². The van der Waals surface area contributed by atoms with Gasteiger partial charge in [-0.2, -0.15) is 9.78 Å². The summed E-state index contributed by atoms with van der Waals surface area (Å²) in [6, 6.07) is 25.5. The number of benzene rings is 4. The van der Waals surface area contributed by atoms with Crippen LogP contribution in [0.25, 0.3) is 28.4 Å². The Hall–Kier alpha value is -5.90. The van der Waals surface area contributed by atoms with Crippen LogP contribution >= 0.6 is 0 Å². The van der Waals surface area contributed by atoms with Gasteiger partial charge >= 0.3 is 5.97 Å². The molecule has 0 radical (unpaired) electrons. The summed E-state index contributed by atoms with van der Waals surface area (Å²) in [5.74, 6) is 0.255. The van der Waals surface area contributed by atoms with E-state index in [2.05, 4.69) is 5.10 Å². The minimum Gasteiger partial charge on any atom is -0.490 e. The molecule has 0 amide bonds. The van der Waals surface area contributed by atoms with E-state index in [4.69, 9.17) is 14.5 Å². The van der Waals surface area contributed by atoms with Crippen LogP contribution < -0.4 is 15.0 Å². The Morgan fingerprint density at radius 2 is 1.74 bits per heavy atom. The molecule has 0 atom stereocenters. The van der Waals surface area contributed by atoms with Crippen LogP contribution in [0, 0.1) is 17.0 Å². The Morgan fingerprint density at radius 3 is 2.49 bits per heavy atom. The highest BCUT2D eigenvalue weighted by atomic mass is 16.6. The first-order valence-corrected chi connectivity index (χ1v) is 13.4. The topological polar surface area (TPSA) is 126 Å². The number of carbonyl (C=O) groups excluding carboxylic acids is 1. The molecule has 0 spiro atoms. The van der Waals surface area contributed by atoms with E-state index < -0.39 is 10.9 Å². The molecule has 0 aliphatic rings. The smallest absolute Gasteiger partial charge is 0.336 e. The number of nitro benzene ring substituents is 1. The third-order valence-corrected chi connectivity index (χ3v) is 6.35. The normalized spacial score (nSPS) is 11.3. The number of rotatable bonds is 9. The number of aryl methyl sites for hydroxylation is 1. The van der Waals surface area contributed by atoms with Crippen LogP contribution in [-0.2, 0) is 4.79 Å². The zero-order valence-electron chi connectivity index (χ0n) is 23.3. The third-order valence-electron chi connectivity index (χ3n) is 6.35. The molecule has 0 unspecified atom stereocenters. The summed E-state index contributed by atoms with van der Waals surface area (Å²) >= 11 is 0. The highest BCUT2D eigenvalue weighted by Gasteiger charge is 2.14. The number of fused-ring (bicyclic) bond motifs is 1. The lowest BCUT2D eigenvalue weighted by molar-refractivity contribution is -0.384. The van der Waals surface area contributed by atoms with Crippen LogP contribution in [0.3, 0.4) is 0 Å². The monoisotopic (exact) mass is 574 g/mol. The van der Waals surface area contributed by atoms with Gasteiger partial charge in [-0.05, 0) is 79.6 Å². The fourth-order valence-electron chi connectivity index (χ4n) is 4.30. The average molecular weight is 575 g/mol. The average Bonchev–Trinajstić information content (AvgIpc) is 3.01. The van der Waals surface area contributed by atoms with Crippen molar-refractivity contribution in [2.75, 3.05) is 6.61 Å². The number of nitrogens with zero attached hydrogens (tertiary/aromatic N) is 4. The molecular formula is C33H26N4O6. The van der Waals surface area contributed by atoms with E-state index in [1.165, 1.54) is 47.3 Å². The molecule has 10 nitrogen and oxygen atoms in total. The minimum atomic E-state index is -0.655. The Balaban J connectivity index is 1.42. The lowest BCUT2D eigenvalue weighted by atomic mass is 10.1. The number of carbonyl (C=O) groups is 1. The molecule has 0 saturated carbocycles. The first-order chi connectivity index (χ1) is 20.8. The SMILES string of the molecule is CCOc1cc(C=Nn2c(-c3cccc(C)c3)nc3ccccc3c2=O)ccc1OC(=O)/C=C/c1ccc([N+](=O)[O-])cc1. The molecule has 0 aliphatic carbocycles. The van der Waals surface area contributed by atoms with Crippen molar-refractivity contribution in [1.82, 2.24) is 9.66 Å². The van der Waals surface area contributed by atoms with Crippen LogP contribution in [0.5, 0.6) is 11.5 Å². The van der Waals surface area contributed by atoms with Crippen molar-refractivity contribution >= 4 is 34.9 Å². The largest absolute Gasteiger partial charge is 0.490 e. The van der Waals surface area contributed by atoms with Crippen molar-refractivity contribution in [3.8, 4) is 22.9 Å². The van der Waals surface area contributed by atoms with Gasteiger partial charge in [0.05, 0.1) is 28.6 Å². The van der Waals surface area contributed by atoms with Crippen molar-refractivity contribution in [3.05, 3.63) is 134 Å². The summed E-state index contributed by atoms with van der Waals surface area (Å²) in [6.45, 7) is 4.08. The van der Waals surface area contributed by atoms with E-state index in [0.29, 0.717) is 40.2 Å². The van der Waals surface area contributed by atoms with Gasteiger partial charge in [-0.15, -0.1) is 0 Å². The number of esters is 1. The molecule has 0 saturated heterocycles. The molecule has 5 rings (SSSR count). The number of nitro groups is 1. The number of hydrogen-bond acceptors (Lipinski definition) is 8. The summed E-state index contributed by atoms with van der Waals surface area (Å²) in [5, 5.41) is 15.8. The number of para-hydroxylation sites is 1. The Labute approximate surface area is 246 Å². The van der Waals surface area contributed by atoms with Crippen LogP contribution in [-0.4, -0.2) is 33.4 Å². The van der Waals surface area contributed by atoms with Crippen LogP contribution in [0.1, 0.15) is 23.6 Å². The summed E-state index contributed by atoms with van der Waals surface area (Å²) in [5.41, 5.74) is 3.18. The minimum absolute atomic E-state index is 0.0437. The fourth-order valence-corrected chi connectivity index (χ4v) is 4.30. The molecule has 1 heterocycles. The van der Waals surface area contributed by atoms with E-state index >= 15 is 0 Å². The van der Waals surface area contributed by atoms with E-state index in [-0.39, 0.29) is 17.0 Å². The zero-order valence-corrected chi connectivity index (χ0v) is 23.3. The molecule has 0 bridgehead atoms. The lowest BCUT2D eigenvalue weighted by Crippen LogP contribution is -2.20. The third kappa shape index (κ3) is 6.71. The Morgan fingerprint density at radius 1 is 0.977 bits per heavy atom. The maximum absolute atomic E-state index is 13.5. The molecule has 0 N–H and O–H groups in total. The van der Waals surface area contributed by atoms with Crippen LogP contribution in [0.2, 0.25) is 0 Å². The van der Waals surface area contributed by atoms with Crippen molar-refractivity contribution in [3.63, 3.8) is 0 Å². The summed E-state index contributed by atoms with van der Waals surface area (Å²) < 4.78 is 12.5. The predicted octanol–water partition coefficient (Wildman–Crippen LogP) is 6.18. The molecule has 10 heteroatoms. The van der Waals surface area contributed by atoms with Gasteiger partial charge in [0.1, 0.15) is 0 Å². The standard InChI is InChI=1S/C33H26N4O6/c1-3-42-30-20-24(13-17-29(30)43-31(38)18-14-23-11-15-26(16-12-23)37(40)41)21-34-36-32(25-8-6-7-22(2)19-25)35-28-10-5-4-9-27(28)33(36)39/h4-21H,3H2,1-2H3/b18-14+,34-21?. The van der Waals surface area contributed by atoms with E-state index in [1.807, 2.05) is 37.3 Å². The highest BCUT2D eigenvalue weighted by Crippen LogP contribution is 2.29. The van der Waals surface area contributed by atoms with Gasteiger partial charge in [0.2, 0.25) is 0 Å². The van der Waals surface area contributed by atoms with Gasteiger partial charge in [0.15, 0.2) is 17.3 Å². The fraction of sp³-hybridized carbons (Fsp3) is 0.0909. The second-order valence-electron chi connectivity index (χ2n) is 9.43. The summed E-state index contributed by atoms with van der Waals surface area (Å²) in [7, 11) is 0. The molecule has 214 valence electrons. The first-order valence-electron chi connectivity index (χ1n) is 13.4. The van der Waals surface area contributed by atoms with Gasteiger partial charge in [-0.1, -0.05) is 35.9 Å². The van der Waals surface area contributed by atoms with Crippen LogP contribution in [0.15, 0.2) is 107 Å². The lowest BCUT2D eigenvalue weighted by Gasteiger charge is -2.11. The molecule has 0 fully saturated rings. The zero-order chi connectivity index (χ0) is 30.3. The van der Waals surface area contributed by atoms with Gasteiger partial charge in [0.25, 0.3) is 11.2 Å². The number of aromatic nitrogens is 2. The molecule has 43 heavy (non-hydrogen) atoms. The predicted molar refractivity (Wildman–Crippen MR) is 165 cm³/mol. The molecule has 1 aromatic heterocycles. The molecule has 4 aromatic carbocycles. The van der Waals surface area contributed by atoms with Crippen molar-refractivity contribution in [2.24, 2.45) is 5.10 Å². The van der Waals surface area contributed by atoms with E-state index in [0.717, 1.165) is 11.1 Å². The van der Waals surface area contributed by atoms with Gasteiger partial charge in [0, 0.05) is 23.8 Å². The van der Waals surface area contributed by atoms with Gasteiger partial charge in [-0.25, -0.2) is 9.78 Å².